The van der Waals surface area contributed by atoms with Gasteiger partial charge in [0.2, 0.25) is 5.91 Å². The highest BCUT2D eigenvalue weighted by Crippen LogP contribution is 2.47. The molecule has 20 heavy (non-hydrogen) atoms. The third kappa shape index (κ3) is 1.92. The van der Waals surface area contributed by atoms with Crippen LogP contribution in [0.4, 0.5) is 0 Å². The number of furan rings is 1. The number of hydrogen-bond acceptors (Lipinski definition) is 4. The second-order valence-electron chi connectivity index (χ2n) is 5.26. The Morgan fingerprint density at radius 1 is 1.50 bits per heavy atom. The van der Waals surface area contributed by atoms with Gasteiger partial charge in [0, 0.05) is 0 Å². The van der Waals surface area contributed by atoms with Crippen molar-refractivity contribution in [2.45, 2.75) is 25.2 Å². The van der Waals surface area contributed by atoms with Gasteiger partial charge < -0.3 is 19.6 Å². The fraction of sp³-hybridized carbons (Fsp3) is 0.429. The first-order valence-electron chi connectivity index (χ1n) is 6.41. The minimum atomic E-state index is -1.01. The molecule has 0 saturated carbocycles. The van der Waals surface area contributed by atoms with Crippen molar-refractivity contribution in [2.75, 3.05) is 0 Å². The third-order valence-electron chi connectivity index (χ3n) is 3.92. The van der Waals surface area contributed by atoms with E-state index in [4.69, 9.17) is 9.15 Å². The maximum absolute atomic E-state index is 12.3. The molecule has 1 aromatic heterocycles. The van der Waals surface area contributed by atoms with E-state index in [0.717, 1.165) is 0 Å². The van der Waals surface area contributed by atoms with Crippen molar-refractivity contribution in [3.05, 3.63) is 36.3 Å². The van der Waals surface area contributed by atoms with Gasteiger partial charge >= 0.3 is 5.97 Å². The lowest BCUT2D eigenvalue weighted by Crippen LogP contribution is -2.46. The first kappa shape index (κ1) is 12.9. The van der Waals surface area contributed by atoms with Crippen molar-refractivity contribution in [1.29, 1.82) is 0 Å². The molecule has 1 aromatic rings. The predicted octanol–water partition coefficient (Wildman–Crippen LogP) is 0.940. The summed E-state index contributed by atoms with van der Waals surface area (Å²) in [6.45, 7) is 1.97. The Morgan fingerprint density at radius 2 is 2.30 bits per heavy atom. The summed E-state index contributed by atoms with van der Waals surface area (Å²) in [6, 6.07) is 3.47. The van der Waals surface area contributed by atoms with E-state index in [1.54, 1.807) is 31.2 Å². The third-order valence-corrected chi connectivity index (χ3v) is 3.92. The maximum atomic E-state index is 12.3. The normalized spacial score (nSPS) is 34.4. The number of carbonyl (C=O) groups is 2. The Morgan fingerprint density at radius 3 is 2.95 bits per heavy atom. The molecule has 2 aliphatic heterocycles. The van der Waals surface area contributed by atoms with E-state index in [2.05, 4.69) is 5.32 Å². The van der Waals surface area contributed by atoms with Gasteiger partial charge in [-0.1, -0.05) is 12.2 Å². The molecule has 0 spiro atoms. The lowest BCUT2D eigenvalue weighted by Gasteiger charge is -2.27. The molecule has 1 fully saturated rings. The largest absolute Gasteiger partial charge is 0.481 e. The number of nitrogens with one attached hydrogen (secondary N) is 1. The number of aliphatic carboxylic acids is 1. The van der Waals surface area contributed by atoms with Crippen LogP contribution in [0.1, 0.15) is 12.7 Å². The Labute approximate surface area is 115 Å². The molecule has 0 unspecified atom stereocenters. The summed E-state index contributed by atoms with van der Waals surface area (Å²) in [5, 5.41) is 12.0. The molecule has 2 aliphatic rings. The number of carboxylic acid groups (broad SMARTS) is 1. The number of ether oxygens (including phenoxy) is 1. The summed E-state index contributed by atoms with van der Waals surface area (Å²) in [5.41, 5.74) is -0.846. The fourth-order valence-corrected chi connectivity index (χ4v) is 2.98. The molecule has 1 saturated heterocycles. The summed E-state index contributed by atoms with van der Waals surface area (Å²) in [7, 11) is 0. The SMILES string of the molecule is C[C@@]12C=C[C@@H](O1)[C@@H](C(=O)O)[C@@H]2C(=O)NCc1ccco1. The van der Waals surface area contributed by atoms with Crippen LogP contribution in [0.2, 0.25) is 0 Å². The van der Waals surface area contributed by atoms with E-state index in [-0.39, 0.29) is 12.5 Å². The molecule has 1 amide bonds. The molecule has 106 valence electrons. The van der Waals surface area contributed by atoms with Gasteiger partial charge in [0.1, 0.15) is 11.7 Å². The molecule has 6 heteroatoms. The number of amides is 1. The molecule has 4 atom stereocenters. The highest BCUT2D eigenvalue weighted by atomic mass is 16.5. The lowest BCUT2D eigenvalue weighted by atomic mass is 9.76. The molecule has 0 aromatic carbocycles. The Bertz CT molecular complexity index is 564. The fourth-order valence-electron chi connectivity index (χ4n) is 2.98. The second kappa shape index (κ2) is 4.49. The number of rotatable bonds is 4. The predicted molar refractivity (Wildman–Crippen MR) is 67.6 cm³/mol. The minimum absolute atomic E-state index is 0.235. The highest BCUT2D eigenvalue weighted by molar-refractivity contribution is 5.88. The molecule has 0 radical (unpaired) electrons. The van der Waals surface area contributed by atoms with Gasteiger partial charge in [0.05, 0.1) is 30.4 Å². The Balaban J connectivity index is 1.75. The van der Waals surface area contributed by atoms with Gasteiger partial charge in [-0.2, -0.15) is 0 Å². The number of hydrogen-bond donors (Lipinski definition) is 2. The molecule has 3 heterocycles. The molecule has 2 N–H and O–H groups in total. The average molecular weight is 277 g/mol. The lowest BCUT2D eigenvalue weighted by molar-refractivity contribution is -0.147. The first-order valence-corrected chi connectivity index (χ1v) is 6.41. The van der Waals surface area contributed by atoms with Crippen LogP contribution in [0.5, 0.6) is 0 Å². The summed E-state index contributed by atoms with van der Waals surface area (Å²) in [6.07, 6.45) is 4.48. The Kier molecular flexibility index (Phi) is 2.90. The smallest absolute Gasteiger partial charge is 0.310 e. The van der Waals surface area contributed by atoms with Gasteiger partial charge in [-0.25, -0.2) is 0 Å². The maximum Gasteiger partial charge on any atom is 0.310 e. The number of fused-ring (bicyclic) bond motifs is 2. The topological polar surface area (TPSA) is 88.8 Å². The Hall–Kier alpha value is -2.08. The summed E-state index contributed by atoms with van der Waals surface area (Å²) >= 11 is 0. The molecule has 3 rings (SSSR count). The summed E-state index contributed by atoms with van der Waals surface area (Å²) in [5.74, 6) is -2.30. The van der Waals surface area contributed by atoms with Crippen molar-refractivity contribution >= 4 is 11.9 Å². The van der Waals surface area contributed by atoms with E-state index < -0.39 is 29.5 Å². The van der Waals surface area contributed by atoms with Crippen LogP contribution in [-0.4, -0.2) is 28.7 Å². The first-order chi connectivity index (χ1) is 9.51. The standard InChI is InChI=1S/C14H15NO5/c1-14-5-4-9(20-14)10(13(17)18)11(14)12(16)15-7-8-3-2-6-19-8/h2-6,9-11H,7H2,1H3,(H,15,16)(H,17,18)/t9-,10-,11-,14+/m1/s1. The van der Waals surface area contributed by atoms with Crippen LogP contribution < -0.4 is 5.32 Å². The van der Waals surface area contributed by atoms with Gasteiger partial charge in [-0.3, -0.25) is 9.59 Å². The van der Waals surface area contributed by atoms with Crippen LogP contribution in [-0.2, 0) is 20.9 Å². The quantitative estimate of drug-likeness (QED) is 0.800. The number of carboxylic acids is 1. The molecular formula is C14H15NO5. The zero-order chi connectivity index (χ0) is 14.3. The van der Waals surface area contributed by atoms with Crippen molar-refractivity contribution in [2.24, 2.45) is 11.8 Å². The summed E-state index contributed by atoms with van der Waals surface area (Å²) in [4.78, 5) is 23.7. The van der Waals surface area contributed by atoms with E-state index in [1.807, 2.05) is 0 Å². The van der Waals surface area contributed by atoms with Gasteiger partial charge in [-0.05, 0) is 19.1 Å². The zero-order valence-corrected chi connectivity index (χ0v) is 10.9. The van der Waals surface area contributed by atoms with Crippen LogP contribution in [0.25, 0.3) is 0 Å². The van der Waals surface area contributed by atoms with Gasteiger partial charge in [0.15, 0.2) is 0 Å². The molecule has 0 aliphatic carbocycles. The molecular weight excluding hydrogens is 262 g/mol. The van der Waals surface area contributed by atoms with E-state index in [1.165, 1.54) is 6.26 Å². The molecule has 6 nitrogen and oxygen atoms in total. The van der Waals surface area contributed by atoms with Crippen molar-refractivity contribution in [1.82, 2.24) is 5.32 Å². The van der Waals surface area contributed by atoms with Crippen LogP contribution in [0.3, 0.4) is 0 Å². The van der Waals surface area contributed by atoms with E-state index >= 15 is 0 Å². The van der Waals surface area contributed by atoms with E-state index in [9.17, 15) is 14.7 Å². The van der Waals surface area contributed by atoms with Crippen LogP contribution >= 0.6 is 0 Å². The number of carbonyl (C=O) groups excluding carboxylic acids is 1. The van der Waals surface area contributed by atoms with Crippen molar-refractivity contribution in [3.8, 4) is 0 Å². The zero-order valence-electron chi connectivity index (χ0n) is 10.9. The van der Waals surface area contributed by atoms with Gasteiger partial charge in [0.25, 0.3) is 0 Å². The highest BCUT2D eigenvalue weighted by Gasteiger charge is 2.59. The second-order valence-corrected chi connectivity index (χ2v) is 5.26. The van der Waals surface area contributed by atoms with Crippen LogP contribution in [0.15, 0.2) is 35.0 Å². The van der Waals surface area contributed by atoms with Crippen LogP contribution in [0, 0.1) is 11.8 Å². The monoisotopic (exact) mass is 277 g/mol. The average Bonchev–Trinajstić information content (AvgIpc) is 3.08. The van der Waals surface area contributed by atoms with E-state index in [0.29, 0.717) is 5.76 Å². The van der Waals surface area contributed by atoms with Crippen molar-refractivity contribution < 1.29 is 23.8 Å². The molecule has 2 bridgehead atoms. The van der Waals surface area contributed by atoms with Crippen molar-refractivity contribution in [3.63, 3.8) is 0 Å². The van der Waals surface area contributed by atoms with Gasteiger partial charge in [-0.15, -0.1) is 0 Å². The summed E-state index contributed by atoms with van der Waals surface area (Å²) < 4.78 is 10.8. The minimum Gasteiger partial charge on any atom is -0.481 e.